The summed E-state index contributed by atoms with van der Waals surface area (Å²) in [7, 11) is 1.64. The van der Waals surface area contributed by atoms with Gasteiger partial charge in [-0.15, -0.1) is 0 Å². The molecule has 0 unspecified atom stereocenters. The van der Waals surface area contributed by atoms with Crippen molar-refractivity contribution in [2.75, 3.05) is 57.9 Å². The van der Waals surface area contributed by atoms with Gasteiger partial charge >= 0.3 is 0 Å². The smallest absolute Gasteiger partial charge is 0.248 e. The molecule has 25 heavy (non-hydrogen) atoms. The zero-order valence-electron chi connectivity index (χ0n) is 15.1. The normalized spacial score (nSPS) is 18.1. The summed E-state index contributed by atoms with van der Waals surface area (Å²) >= 11 is 0. The quantitative estimate of drug-likeness (QED) is 0.666. The van der Waals surface area contributed by atoms with Crippen LogP contribution in [0.4, 0.5) is 5.69 Å². The van der Waals surface area contributed by atoms with Gasteiger partial charge < -0.3 is 25.2 Å². The summed E-state index contributed by atoms with van der Waals surface area (Å²) in [6, 6.07) is 7.36. The van der Waals surface area contributed by atoms with E-state index in [9.17, 15) is 9.90 Å². The Morgan fingerprint density at radius 1 is 1.20 bits per heavy atom. The van der Waals surface area contributed by atoms with E-state index in [-0.39, 0.29) is 6.10 Å². The fourth-order valence-corrected chi connectivity index (χ4v) is 2.93. The van der Waals surface area contributed by atoms with E-state index < -0.39 is 12.0 Å². The Kier molecular flexibility index (Phi) is 7.64. The van der Waals surface area contributed by atoms with Crippen LogP contribution in [-0.4, -0.2) is 81.2 Å². The molecule has 1 aromatic carbocycles. The fourth-order valence-electron chi connectivity index (χ4n) is 2.93. The van der Waals surface area contributed by atoms with Gasteiger partial charge in [0.05, 0.1) is 25.4 Å². The molecule has 1 aliphatic rings. The molecule has 1 amide bonds. The molecule has 1 aliphatic heterocycles. The Labute approximate surface area is 149 Å². The molecule has 0 radical (unpaired) electrons. The van der Waals surface area contributed by atoms with Crippen LogP contribution < -0.4 is 10.6 Å². The van der Waals surface area contributed by atoms with E-state index in [0.29, 0.717) is 25.3 Å². The number of amides is 1. The number of anilines is 1. The van der Waals surface area contributed by atoms with Crippen LogP contribution in [0.15, 0.2) is 24.3 Å². The first kappa shape index (κ1) is 19.7. The average molecular weight is 351 g/mol. The predicted molar refractivity (Wildman–Crippen MR) is 96.9 cm³/mol. The van der Waals surface area contributed by atoms with Gasteiger partial charge in [0.2, 0.25) is 5.91 Å². The summed E-state index contributed by atoms with van der Waals surface area (Å²) in [5.74, 6) is -0.410. The van der Waals surface area contributed by atoms with Crippen LogP contribution in [0.5, 0.6) is 0 Å². The van der Waals surface area contributed by atoms with Gasteiger partial charge in [0.15, 0.2) is 0 Å². The Morgan fingerprint density at radius 2 is 1.84 bits per heavy atom. The van der Waals surface area contributed by atoms with Gasteiger partial charge in [0, 0.05) is 51.1 Å². The minimum Gasteiger partial charge on any atom is -0.389 e. The number of benzene rings is 1. The van der Waals surface area contributed by atoms with Crippen LogP contribution >= 0.6 is 0 Å². The van der Waals surface area contributed by atoms with E-state index >= 15 is 0 Å². The van der Waals surface area contributed by atoms with Gasteiger partial charge in [-0.05, 0) is 31.2 Å². The van der Waals surface area contributed by atoms with Crippen LogP contribution in [0, 0.1) is 0 Å². The third-order valence-corrected chi connectivity index (χ3v) is 4.33. The van der Waals surface area contributed by atoms with Gasteiger partial charge in [-0.1, -0.05) is 0 Å². The second-order valence-corrected chi connectivity index (χ2v) is 6.45. The molecule has 1 saturated heterocycles. The minimum absolute atomic E-state index is 0.0140. The second kappa shape index (κ2) is 9.72. The molecule has 7 heteroatoms. The van der Waals surface area contributed by atoms with E-state index in [1.165, 1.54) is 0 Å². The highest BCUT2D eigenvalue weighted by molar-refractivity contribution is 5.93. The zero-order chi connectivity index (χ0) is 18.2. The molecule has 0 spiro atoms. The van der Waals surface area contributed by atoms with Crippen molar-refractivity contribution in [2.24, 2.45) is 5.73 Å². The second-order valence-electron chi connectivity index (χ2n) is 6.45. The number of piperazine rings is 1. The first-order valence-corrected chi connectivity index (χ1v) is 8.65. The van der Waals surface area contributed by atoms with Crippen LogP contribution in [0.1, 0.15) is 17.3 Å². The Morgan fingerprint density at radius 3 is 2.40 bits per heavy atom. The molecule has 2 atom stereocenters. The topological polar surface area (TPSA) is 88.3 Å². The number of rotatable bonds is 9. The summed E-state index contributed by atoms with van der Waals surface area (Å²) in [6.45, 7) is 6.89. The van der Waals surface area contributed by atoms with Crippen LogP contribution in [0.25, 0.3) is 0 Å². The van der Waals surface area contributed by atoms with Crippen molar-refractivity contribution in [3.63, 3.8) is 0 Å². The number of primary amides is 1. The number of nitrogens with two attached hydrogens (primary N) is 1. The molecule has 1 fully saturated rings. The first-order chi connectivity index (χ1) is 12.0. The Hall–Kier alpha value is -1.67. The molecular weight excluding hydrogens is 322 g/mol. The van der Waals surface area contributed by atoms with E-state index in [2.05, 4.69) is 9.80 Å². The lowest BCUT2D eigenvalue weighted by Crippen LogP contribution is -2.49. The van der Waals surface area contributed by atoms with Gasteiger partial charge in [0.25, 0.3) is 0 Å². The number of aliphatic hydroxyl groups excluding tert-OH is 1. The van der Waals surface area contributed by atoms with Crippen molar-refractivity contribution in [3.8, 4) is 0 Å². The summed E-state index contributed by atoms with van der Waals surface area (Å²) in [4.78, 5) is 15.6. The standard InChI is InChI=1S/C18H29N3O4/c1-14(12-24-2)25-13-17(22)11-20-7-9-21(10-8-20)16-5-3-15(4-6-16)18(19)23/h3-6,14,17,22H,7-13H2,1-2H3,(H2,19,23)/t14-,17-/m0/s1. The number of aliphatic hydroxyl groups is 1. The van der Waals surface area contributed by atoms with E-state index in [4.69, 9.17) is 15.2 Å². The zero-order valence-corrected chi connectivity index (χ0v) is 15.1. The van der Waals surface area contributed by atoms with Gasteiger partial charge in [-0.25, -0.2) is 0 Å². The monoisotopic (exact) mass is 351 g/mol. The highest BCUT2D eigenvalue weighted by Gasteiger charge is 2.20. The highest BCUT2D eigenvalue weighted by Crippen LogP contribution is 2.17. The third kappa shape index (κ3) is 6.28. The van der Waals surface area contributed by atoms with Gasteiger partial charge in [0.1, 0.15) is 0 Å². The van der Waals surface area contributed by atoms with Crippen molar-refractivity contribution in [2.45, 2.75) is 19.1 Å². The summed E-state index contributed by atoms with van der Waals surface area (Å²) < 4.78 is 10.6. The van der Waals surface area contributed by atoms with E-state index in [0.717, 1.165) is 31.9 Å². The molecule has 0 aliphatic carbocycles. The number of methoxy groups -OCH3 is 1. The first-order valence-electron chi connectivity index (χ1n) is 8.65. The summed E-state index contributed by atoms with van der Waals surface area (Å²) in [5.41, 5.74) is 6.87. The van der Waals surface area contributed by atoms with Crippen molar-refractivity contribution < 1.29 is 19.4 Å². The average Bonchev–Trinajstić information content (AvgIpc) is 2.61. The number of ether oxygens (including phenoxy) is 2. The molecule has 1 aromatic rings. The molecule has 7 nitrogen and oxygen atoms in total. The number of hydrogen-bond donors (Lipinski definition) is 2. The van der Waals surface area contributed by atoms with Crippen molar-refractivity contribution >= 4 is 11.6 Å². The molecule has 0 aromatic heterocycles. The predicted octanol–water partition coefficient (Wildman–Crippen LogP) is 0.320. The lowest BCUT2D eigenvalue weighted by Gasteiger charge is -2.37. The number of β-amino-alcohol motifs (C(OH)–C–C–N with tert-alkyl or cyclic N) is 1. The van der Waals surface area contributed by atoms with Crippen molar-refractivity contribution in [1.29, 1.82) is 0 Å². The maximum absolute atomic E-state index is 11.1. The van der Waals surface area contributed by atoms with E-state index in [1.54, 1.807) is 19.2 Å². The Bertz CT molecular complexity index is 530. The molecule has 2 rings (SSSR count). The molecule has 140 valence electrons. The fraction of sp³-hybridized carbons (Fsp3) is 0.611. The minimum atomic E-state index is -0.499. The third-order valence-electron chi connectivity index (χ3n) is 4.33. The molecule has 1 heterocycles. The van der Waals surface area contributed by atoms with Crippen molar-refractivity contribution in [3.05, 3.63) is 29.8 Å². The maximum Gasteiger partial charge on any atom is 0.248 e. The highest BCUT2D eigenvalue weighted by atomic mass is 16.5. The lowest BCUT2D eigenvalue weighted by atomic mass is 10.1. The van der Waals surface area contributed by atoms with Crippen LogP contribution in [0.2, 0.25) is 0 Å². The van der Waals surface area contributed by atoms with Gasteiger partial charge in [-0.3, -0.25) is 9.69 Å². The molecule has 3 N–H and O–H groups in total. The summed E-state index contributed by atoms with van der Waals surface area (Å²) in [6.07, 6.45) is -0.513. The van der Waals surface area contributed by atoms with E-state index in [1.807, 2.05) is 19.1 Å². The van der Waals surface area contributed by atoms with Gasteiger partial charge in [-0.2, -0.15) is 0 Å². The molecule has 0 bridgehead atoms. The van der Waals surface area contributed by atoms with Crippen LogP contribution in [0.3, 0.4) is 0 Å². The largest absolute Gasteiger partial charge is 0.389 e. The number of nitrogens with zero attached hydrogens (tertiary/aromatic N) is 2. The number of carbonyl (C=O) groups excluding carboxylic acids is 1. The lowest BCUT2D eigenvalue weighted by molar-refractivity contribution is -0.0399. The molecule has 0 saturated carbocycles. The van der Waals surface area contributed by atoms with Crippen LogP contribution in [-0.2, 0) is 9.47 Å². The number of hydrogen-bond acceptors (Lipinski definition) is 6. The Balaban J connectivity index is 1.73. The van der Waals surface area contributed by atoms with Crippen molar-refractivity contribution in [1.82, 2.24) is 4.90 Å². The molecular formula is C18H29N3O4. The summed E-state index contributed by atoms with van der Waals surface area (Å²) in [5, 5.41) is 10.1. The maximum atomic E-state index is 11.1. The SMILES string of the molecule is COC[C@H](C)OC[C@@H](O)CN1CCN(c2ccc(C(N)=O)cc2)CC1. The number of carbonyl (C=O) groups is 1.